The summed E-state index contributed by atoms with van der Waals surface area (Å²) >= 11 is 0. The van der Waals surface area contributed by atoms with E-state index in [2.05, 4.69) is 32.8 Å². The van der Waals surface area contributed by atoms with Gasteiger partial charge < -0.3 is 9.64 Å². The molecule has 1 aliphatic carbocycles. The molecule has 3 nitrogen and oxygen atoms in total. The van der Waals surface area contributed by atoms with E-state index in [1.807, 2.05) is 6.92 Å². The fourth-order valence-corrected chi connectivity index (χ4v) is 2.54. The van der Waals surface area contributed by atoms with Gasteiger partial charge in [0.05, 0.1) is 13.0 Å². The van der Waals surface area contributed by atoms with Gasteiger partial charge in [-0.2, -0.15) is 0 Å². The average Bonchev–Trinajstić information content (AvgIpc) is 2.09. The maximum Gasteiger partial charge on any atom is 0.307 e. The van der Waals surface area contributed by atoms with E-state index < -0.39 is 0 Å². The van der Waals surface area contributed by atoms with Crippen LogP contribution in [0.3, 0.4) is 0 Å². The number of carbonyl (C=O) groups excluding carboxylic acids is 1. The average molecular weight is 227 g/mol. The molecule has 16 heavy (non-hydrogen) atoms. The third-order valence-corrected chi connectivity index (χ3v) is 3.95. The van der Waals surface area contributed by atoms with Gasteiger partial charge in [0.15, 0.2) is 0 Å². The molecule has 0 aromatic rings. The lowest BCUT2D eigenvalue weighted by Crippen LogP contribution is -2.56. The van der Waals surface area contributed by atoms with Crippen LogP contribution in [-0.4, -0.2) is 37.1 Å². The number of rotatable bonds is 5. The molecule has 0 aliphatic heterocycles. The molecule has 1 aliphatic rings. The molecule has 0 amide bonds. The molecule has 0 spiro atoms. The summed E-state index contributed by atoms with van der Waals surface area (Å²) < 4.78 is 5.05. The summed E-state index contributed by atoms with van der Waals surface area (Å²) in [5, 5.41) is 0. The van der Waals surface area contributed by atoms with E-state index in [0.717, 1.165) is 24.7 Å². The van der Waals surface area contributed by atoms with Gasteiger partial charge in [-0.15, -0.1) is 0 Å². The fourth-order valence-electron chi connectivity index (χ4n) is 2.54. The molecule has 1 saturated carbocycles. The van der Waals surface area contributed by atoms with E-state index in [-0.39, 0.29) is 11.5 Å². The van der Waals surface area contributed by atoms with Gasteiger partial charge in [-0.3, -0.25) is 4.79 Å². The summed E-state index contributed by atoms with van der Waals surface area (Å²) in [6.45, 7) is 6.86. The van der Waals surface area contributed by atoms with Crippen LogP contribution in [0.15, 0.2) is 0 Å². The Kier molecular flexibility index (Phi) is 4.36. The normalized spacial score (nSPS) is 29.3. The van der Waals surface area contributed by atoms with Gasteiger partial charge >= 0.3 is 5.97 Å². The highest BCUT2D eigenvalue weighted by Crippen LogP contribution is 2.47. The zero-order chi connectivity index (χ0) is 12.3. The van der Waals surface area contributed by atoms with E-state index in [4.69, 9.17) is 4.74 Å². The number of hydrogen-bond donors (Lipinski definition) is 0. The maximum absolute atomic E-state index is 11.6. The summed E-state index contributed by atoms with van der Waals surface area (Å²) in [5.74, 6) is 1.42. The second kappa shape index (κ2) is 5.17. The lowest BCUT2D eigenvalue weighted by Gasteiger charge is -2.53. The molecule has 0 radical (unpaired) electrons. The van der Waals surface area contributed by atoms with Gasteiger partial charge in [-0.25, -0.2) is 0 Å². The molecular weight excluding hydrogens is 202 g/mol. The highest BCUT2D eigenvalue weighted by atomic mass is 16.5. The summed E-state index contributed by atoms with van der Waals surface area (Å²) in [6, 6.07) is 0. The third-order valence-electron chi connectivity index (χ3n) is 3.95. The molecule has 3 heteroatoms. The molecule has 0 unspecified atom stereocenters. The first-order chi connectivity index (χ1) is 7.41. The molecule has 0 aromatic heterocycles. The number of hydrogen-bond acceptors (Lipinski definition) is 3. The van der Waals surface area contributed by atoms with Gasteiger partial charge in [0.2, 0.25) is 0 Å². The molecule has 0 N–H and O–H groups in total. The van der Waals surface area contributed by atoms with Gasteiger partial charge in [0.25, 0.3) is 0 Å². The van der Waals surface area contributed by atoms with Crippen molar-refractivity contribution in [1.82, 2.24) is 4.90 Å². The highest BCUT2D eigenvalue weighted by molar-refractivity contribution is 5.71. The predicted molar refractivity (Wildman–Crippen MR) is 65.2 cm³/mol. The van der Waals surface area contributed by atoms with Crippen molar-refractivity contribution in [2.24, 2.45) is 11.8 Å². The van der Waals surface area contributed by atoms with Crippen LogP contribution in [0.5, 0.6) is 0 Å². The maximum atomic E-state index is 11.6. The van der Waals surface area contributed by atoms with Crippen molar-refractivity contribution < 1.29 is 9.53 Å². The van der Waals surface area contributed by atoms with Crippen LogP contribution in [0.1, 0.15) is 40.0 Å². The summed E-state index contributed by atoms with van der Waals surface area (Å²) in [6.07, 6.45) is 2.78. The first-order valence-electron chi connectivity index (χ1n) is 6.24. The number of ether oxygens (including phenoxy) is 1. The van der Waals surface area contributed by atoms with Gasteiger partial charge in [-0.1, -0.05) is 13.8 Å². The Morgan fingerprint density at radius 2 is 2.00 bits per heavy atom. The van der Waals surface area contributed by atoms with Crippen molar-refractivity contribution in [3.05, 3.63) is 0 Å². The van der Waals surface area contributed by atoms with Crippen molar-refractivity contribution in [2.45, 2.75) is 45.6 Å². The second-order valence-electron chi connectivity index (χ2n) is 5.51. The van der Waals surface area contributed by atoms with Crippen LogP contribution in [0, 0.1) is 11.8 Å². The Morgan fingerprint density at radius 3 is 2.38 bits per heavy atom. The Bertz CT molecular complexity index is 242. The van der Waals surface area contributed by atoms with Crippen LogP contribution in [-0.2, 0) is 9.53 Å². The van der Waals surface area contributed by atoms with Crippen molar-refractivity contribution in [1.29, 1.82) is 0 Å². The standard InChI is InChI=1S/C13H25NO2/c1-6-16-12(15)9-13(14(4)5)7-11(8-13)10(2)3/h10-11H,6-9H2,1-5H3. The topological polar surface area (TPSA) is 29.5 Å². The zero-order valence-electron chi connectivity index (χ0n) is 11.2. The monoisotopic (exact) mass is 227 g/mol. The van der Waals surface area contributed by atoms with Gasteiger partial charge in [0, 0.05) is 5.54 Å². The van der Waals surface area contributed by atoms with Crippen molar-refractivity contribution >= 4 is 5.97 Å². The van der Waals surface area contributed by atoms with Gasteiger partial charge in [-0.05, 0) is 45.7 Å². The SMILES string of the molecule is CCOC(=O)CC1(N(C)C)CC(C(C)C)C1. The minimum atomic E-state index is -0.0570. The van der Waals surface area contributed by atoms with E-state index in [0.29, 0.717) is 13.0 Å². The fraction of sp³-hybridized carbons (Fsp3) is 0.923. The van der Waals surface area contributed by atoms with Crippen molar-refractivity contribution in [3.8, 4) is 0 Å². The Hall–Kier alpha value is -0.570. The van der Waals surface area contributed by atoms with Gasteiger partial charge in [0.1, 0.15) is 0 Å². The first-order valence-corrected chi connectivity index (χ1v) is 6.24. The van der Waals surface area contributed by atoms with Crippen LogP contribution in [0.4, 0.5) is 0 Å². The molecule has 0 heterocycles. The largest absolute Gasteiger partial charge is 0.466 e. The Labute approximate surface area is 99.1 Å². The molecule has 1 fully saturated rings. The van der Waals surface area contributed by atoms with E-state index in [1.165, 1.54) is 0 Å². The molecule has 0 atom stereocenters. The molecule has 0 saturated heterocycles. The summed E-state index contributed by atoms with van der Waals surface area (Å²) in [5.41, 5.74) is 0.0567. The molecule has 94 valence electrons. The molecule has 0 aromatic carbocycles. The first kappa shape index (κ1) is 13.5. The third kappa shape index (κ3) is 2.76. The van der Waals surface area contributed by atoms with E-state index >= 15 is 0 Å². The molecular formula is C13H25NO2. The number of nitrogens with zero attached hydrogens (tertiary/aromatic N) is 1. The van der Waals surface area contributed by atoms with Crippen LogP contribution in [0.2, 0.25) is 0 Å². The second-order valence-corrected chi connectivity index (χ2v) is 5.51. The van der Waals surface area contributed by atoms with Crippen LogP contribution in [0.25, 0.3) is 0 Å². The quantitative estimate of drug-likeness (QED) is 0.675. The highest BCUT2D eigenvalue weighted by Gasteiger charge is 2.48. The van der Waals surface area contributed by atoms with Crippen molar-refractivity contribution in [2.75, 3.05) is 20.7 Å². The number of esters is 1. The summed E-state index contributed by atoms with van der Waals surface area (Å²) in [4.78, 5) is 13.8. The summed E-state index contributed by atoms with van der Waals surface area (Å²) in [7, 11) is 4.13. The van der Waals surface area contributed by atoms with E-state index in [9.17, 15) is 4.79 Å². The minimum absolute atomic E-state index is 0.0567. The Balaban J connectivity index is 2.54. The molecule has 0 bridgehead atoms. The molecule has 1 rings (SSSR count). The van der Waals surface area contributed by atoms with Crippen LogP contribution < -0.4 is 0 Å². The zero-order valence-corrected chi connectivity index (χ0v) is 11.2. The van der Waals surface area contributed by atoms with Crippen molar-refractivity contribution in [3.63, 3.8) is 0 Å². The number of carbonyl (C=O) groups is 1. The minimum Gasteiger partial charge on any atom is -0.466 e. The smallest absolute Gasteiger partial charge is 0.307 e. The lowest BCUT2D eigenvalue weighted by molar-refractivity contribution is -0.150. The predicted octanol–water partition coefficient (Wildman–Crippen LogP) is 2.31. The van der Waals surface area contributed by atoms with Crippen LogP contribution >= 0.6 is 0 Å². The Morgan fingerprint density at radius 1 is 1.44 bits per heavy atom. The van der Waals surface area contributed by atoms with E-state index in [1.54, 1.807) is 0 Å². The lowest BCUT2D eigenvalue weighted by atomic mass is 9.62.